The van der Waals surface area contributed by atoms with Gasteiger partial charge in [0, 0.05) is 0 Å². The van der Waals surface area contributed by atoms with Gasteiger partial charge in [-0.05, 0) is 25.1 Å². The summed E-state index contributed by atoms with van der Waals surface area (Å²) in [6, 6.07) is 5.21. The fraction of sp³-hybridized carbons (Fsp3) is 0.222. The van der Waals surface area contributed by atoms with E-state index < -0.39 is 15.2 Å². The van der Waals surface area contributed by atoms with E-state index in [1.54, 1.807) is 18.2 Å². The van der Waals surface area contributed by atoms with Gasteiger partial charge in [-0.2, -0.15) is 0 Å². The predicted octanol–water partition coefficient (Wildman–Crippen LogP) is 2.54. The smallest absolute Gasteiger partial charge is 0.246 e. The molecule has 0 aliphatic rings. The maximum atomic E-state index is 11.3. The Morgan fingerprint density at radius 3 is 2.94 bits per heavy atom. The van der Waals surface area contributed by atoms with Gasteiger partial charge in [0.05, 0.1) is 20.9 Å². The molecule has 1 aromatic heterocycles. The first-order valence-corrected chi connectivity index (χ1v) is 7.44. The number of halogens is 1. The zero-order valence-electron chi connectivity index (χ0n) is 8.40. The fourth-order valence-corrected chi connectivity index (χ4v) is 2.88. The van der Waals surface area contributed by atoms with Gasteiger partial charge in [-0.25, -0.2) is 13.4 Å². The van der Waals surface area contributed by atoms with Crippen molar-refractivity contribution in [1.82, 2.24) is 4.98 Å². The van der Waals surface area contributed by atoms with E-state index in [0.717, 1.165) is 15.2 Å². The van der Waals surface area contributed by atoms with E-state index in [1.807, 2.05) is 6.92 Å². The van der Waals surface area contributed by atoms with Crippen LogP contribution in [0, 0.1) is 6.92 Å². The maximum absolute atomic E-state index is 11.3. The summed E-state index contributed by atoms with van der Waals surface area (Å²) in [7, 11) is -3.43. The summed E-state index contributed by atoms with van der Waals surface area (Å²) >= 11 is 6.83. The first kappa shape index (κ1) is 11.6. The van der Waals surface area contributed by atoms with E-state index in [9.17, 15) is 8.42 Å². The number of nitrogens with zero attached hydrogens (tertiary/aromatic N) is 1. The third-order valence-corrected chi connectivity index (χ3v) is 4.54. The van der Waals surface area contributed by atoms with E-state index in [1.165, 1.54) is 11.3 Å². The monoisotopic (exact) mass is 276 g/mol. The van der Waals surface area contributed by atoms with Gasteiger partial charge >= 0.3 is 0 Å². The van der Waals surface area contributed by atoms with Gasteiger partial charge in [0.1, 0.15) is 5.21 Å². The molecule has 7 heteroatoms. The van der Waals surface area contributed by atoms with Gasteiger partial charge in [0.25, 0.3) is 0 Å². The number of benzene rings is 1. The molecule has 0 atom stereocenters. The molecule has 2 rings (SSSR count). The minimum atomic E-state index is -3.43. The summed E-state index contributed by atoms with van der Waals surface area (Å²) in [5.41, 5.74) is 1.38. The molecule has 0 spiro atoms. The number of sulfonamides is 1. The molecule has 0 saturated heterocycles. The van der Waals surface area contributed by atoms with Crippen molar-refractivity contribution < 1.29 is 8.42 Å². The Labute approximate surface area is 102 Å². The first-order valence-electron chi connectivity index (χ1n) is 4.44. The second kappa shape index (κ2) is 4.20. The van der Waals surface area contributed by atoms with Crippen molar-refractivity contribution in [1.29, 1.82) is 0 Å². The quantitative estimate of drug-likeness (QED) is 0.877. The second-order valence-corrected chi connectivity index (χ2v) is 6.78. The summed E-state index contributed by atoms with van der Waals surface area (Å²) in [5, 5.41) is 0.500. The topological polar surface area (TPSA) is 59.1 Å². The van der Waals surface area contributed by atoms with E-state index in [-0.39, 0.29) is 0 Å². The zero-order chi connectivity index (χ0) is 11.8. The van der Waals surface area contributed by atoms with Gasteiger partial charge in [0.2, 0.25) is 10.0 Å². The number of aryl methyl sites for hydroxylation is 1. The zero-order valence-corrected chi connectivity index (χ0v) is 10.8. The van der Waals surface area contributed by atoms with E-state index in [0.29, 0.717) is 5.69 Å². The molecular formula is C9H9ClN2O2S2. The van der Waals surface area contributed by atoms with Gasteiger partial charge in [-0.1, -0.05) is 0 Å². The molecule has 0 bridgehead atoms. The van der Waals surface area contributed by atoms with Crippen LogP contribution in [0.1, 0.15) is 5.01 Å². The summed E-state index contributed by atoms with van der Waals surface area (Å²) in [6.45, 7) is 1.91. The number of aromatic nitrogens is 1. The van der Waals surface area contributed by atoms with Crippen LogP contribution >= 0.6 is 22.9 Å². The molecule has 1 N–H and O–H groups in total. The molecule has 0 aliphatic heterocycles. The average molecular weight is 277 g/mol. The average Bonchev–Trinajstić information content (AvgIpc) is 2.57. The van der Waals surface area contributed by atoms with Gasteiger partial charge in [-0.15, -0.1) is 22.9 Å². The van der Waals surface area contributed by atoms with Crippen LogP contribution in [0.5, 0.6) is 0 Å². The summed E-state index contributed by atoms with van der Waals surface area (Å²) in [4.78, 5) is 4.29. The van der Waals surface area contributed by atoms with Gasteiger partial charge < -0.3 is 0 Å². The molecular weight excluding hydrogens is 268 g/mol. The highest BCUT2D eigenvalue weighted by Crippen LogP contribution is 2.25. The first-order chi connectivity index (χ1) is 7.50. The highest BCUT2D eigenvalue weighted by atomic mass is 35.5. The molecule has 0 aliphatic carbocycles. The third kappa shape index (κ3) is 2.45. The third-order valence-electron chi connectivity index (χ3n) is 1.91. The number of thiazole rings is 1. The van der Waals surface area contributed by atoms with Gasteiger partial charge in [-0.3, -0.25) is 4.72 Å². The molecule has 1 aromatic carbocycles. The van der Waals surface area contributed by atoms with Crippen LogP contribution < -0.4 is 4.72 Å². The van der Waals surface area contributed by atoms with Crippen molar-refractivity contribution in [3.8, 4) is 0 Å². The molecule has 4 nitrogen and oxygen atoms in total. The normalized spacial score (nSPS) is 11.9. The van der Waals surface area contributed by atoms with Crippen LogP contribution in [0.3, 0.4) is 0 Å². The molecule has 1 heterocycles. The van der Waals surface area contributed by atoms with E-state index in [2.05, 4.69) is 9.71 Å². The summed E-state index contributed by atoms with van der Waals surface area (Å²) in [5.74, 6) is 0. The number of hydrogen-bond donors (Lipinski definition) is 1. The molecule has 2 aromatic rings. The van der Waals surface area contributed by atoms with Crippen LogP contribution in [0.4, 0.5) is 5.69 Å². The molecule has 0 unspecified atom stereocenters. The number of alkyl halides is 1. The molecule has 0 amide bonds. The lowest BCUT2D eigenvalue weighted by Gasteiger charge is -2.04. The Bertz CT molecular complexity index is 621. The molecule has 0 fully saturated rings. The van der Waals surface area contributed by atoms with Crippen molar-refractivity contribution in [2.24, 2.45) is 0 Å². The van der Waals surface area contributed by atoms with Crippen molar-refractivity contribution in [3.05, 3.63) is 23.2 Å². The van der Waals surface area contributed by atoms with E-state index in [4.69, 9.17) is 11.6 Å². The minimum absolute atomic E-state index is 0.452. The molecule has 0 radical (unpaired) electrons. The lowest BCUT2D eigenvalue weighted by molar-refractivity contribution is 0.605. The Hall–Kier alpha value is -0.850. The van der Waals surface area contributed by atoms with Crippen LogP contribution in [-0.4, -0.2) is 18.6 Å². The fourth-order valence-electron chi connectivity index (χ4n) is 1.31. The molecule has 16 heavy (non-hydrogen) atoms. The van der Waals surface area contributed by atoms with Crippen LogP contribution in [0.25, 0.3) is 10.2 Å². The molecule has 86 valence electrons. The Kier molecular flexibility index (Phi) is 3.05. The van der Waals surface area contributed by atoms with Gasteiger partial charge in [0.15, 0.2) is 0 Å². The highest BCUT2D eigenvalue weighted by Gasteiger charge is 2.09. The molecule has 0 saturated carbocycles. The highest BCUT2D eigenvalue weighted by molar-refractivity contribution is 7.93. The number of hydrogen-bond acceptors (Lipinski definition) is 4. The van der Waals surface area contributed by atoms with Crippen molar-refractivity contribution >= 4 is 48.9 Å². The lowest BCUT2D eigenvalue weighted by atomic mass is 10.3. The van der Waals surface area contributed by atoms with Crippen molar-refractivity contribution in [2.45, 2.75) is 6.92 Å². The SMILES string of the molecule is Cc1nc2ccc(NS(=O)(=O)CCl)cc2s1. The standard InChI is InChI=1S/C9H9ClN2O2S2/c1-6-11-8-3-2-7(4-9(8)15-6)12-16(13,14)5-10/h2-4,12H,5H2,1H3. The second-order valence-electron chi connectivity index (χ2n) is 3.24. The summed E-state index contributed by atoms with van der Waals surface area (Å²) < 4.78 is 25.8. The Morgan fingerprint density at radius 1 is 1.50 bits per heavy atom. The Balaban J connectivity index is 2.40. The Morgan fingerprint density at radius 2 is 2.25 bits per heavy atom. The maximum Gasteiger partial charge on any atom is 0.246 e. The van der Waals surface area contributed by atoms with E-state index >= 15 is 0 Å². The summed E-state index contributed by atoms with van der Waals surface area (Å²) in [6.07, 6.45) is 0. The number of nitrogens with one attached hydrogen (secondary N) is 1. The van der Waals surface area contributed by atoms with Crippen molar-refractivity contribution in [2.75, 3.05) is 9.93 Å². The van der Waals surface area contributed by atoms with Crippen LogP contribution in [-0.2, 0) is 10.0 Å². The predicted molar refractivity (Wildman–Crippen MR) is 67.6 cm³/mol. The lowest BCUT2D eigenvalue weighted by Crippen LogP contribution is -2.13. The van der Waals surface area contributed by atoms with Crippen molar-refractivity contribution in [3.63, 3.8) is 0 Å². The number of fused-ring (bicyclic) bond motifs is 1. The van der Waals surface area contributed by atoms with Crippen LogP contribution in [0.2, 0.25) is 0 Å². The van der Waals surface area contributed by atoms with Crippen LogP contribution in [0.15, 0.2) is 18.2 Å². The number of anilines is 1. The number of rotatable bonds is 3. The largest absolute Gasteiger partial charge is 0.283 e. The minimum Gasteiger partial charge on any atom is -0.283 e.